The van der Waals surface area contributed by atoms with Crippen LogP contribution in [-0.4, -0.2) is 50.5 Å². The lowest BCUT2D eigenvalue weighted by molar-refractivity contribution is 0.220. The fraction of sp³-hybridized carbons (Fsp3) is 1.00. The van der Waals surface area contributed by atoms with E-state index in [1.165, 1.54) is 0 Å². The molecule has 1 aliphatic heterocycles. The van der Waals surface area contributed by atoms with Gasteiger partial charge in [0.05, 0.1) is 5.75 Å². The van der Waals surface area contributed by atoms with Crippen molar-refractivity contribution in [3.63, 3.8) is 0 Å². The van der Waals surface area contributed by atoms with Crippen molar-refractivity contribution in [1.82, 2.24) is 4.90 Å². The van der Waals surface area contributed by atoms with Crippen LogP contribution in [0.15, 0.2) is 0 Å². The van der Waals surface area contributed by atoms with Gasteiger partial charge in [0, 0.05) is 24.9 Å². The minimum atomic E-state index is -2.83. The predicted molar refractivity (Wildman–Crippen MR) is 62.6 cm³/mol. The maximum atomic E-state index is 11.5. The first kappa shape index (κ1) is 12.9. The van der Waals surface area contributed by atoms with Crippen LogP contribution >= 0.6 is 0 Å². The van der Waals surface area contributed by atoms with Gasteiger partial charge in [-0.05, 0) is 25.8 Å². The van der Waals surface area contributed by atoms with Crippen molar-refractivity contribution >= 4 is 9.84 Å². The molecule has 4 nitrogen and oxygen atoms in total. The molecule has 0 amide bonds. The average molecular weight is 234 g/mol. The molecule has 2 N–H and O–H groups in total. The van der Waals surface area contributed by atoms with Gasteiger partial charge in [-0.3, -0.25) is 0 Å². The van der Waals surface area contributed by atoms with Gasteiger partial charge in [-0.2, -0.15) is 0 Å². The highest BCUT2D eigenvalue weighted by Gasteiger charge is 2.18. The molecule has 1 heterocycles. The van der Waals surface area contributed by atoms with E-state index in [0.29, 0.717) is 18.7 Å². The standard InChI is InChI=1S/C10H22N2O2S/c1-2-7-15(13,14)8-6-12-5-3-4-10(11)9-12/h10H,2-9,11H2,1H3/t10-/m1/s1. The number of hydrogen-bond donors (Lipinski definition) is 1. The molecule has 0 unspecified atom stereocenters. The molecule has 0 spiro atoms. The van der Waals surface area contributed by atoms with Crippen LogP contribution in [-0.2, 0) is 9.84 Å². The number of rotatable bonds is 5. The lowest BCUT2D eigenvalue weighted by Gasteiger charge is -2.30. The molecule has 0 aromatic rings. The van der Waals surface area contributed by atoms with Crippen LogP contribution in [0, 0.1) is 0 Å². The van der Waals surface area contributed by atoms with Crippen LogP contribution in [0.4, 0.5) is 0 Å². The number of hydrogen-bond acceptors (Lipinski definition) is 4. The normalized spacial score (nSPS) is 24.3. The smallest absolute Gasteiger partial charge is 0.151 e. The van der Waals surface area contributed by atoms with E-state index < -0.39 is 9.84 Å². The second kappa shape index (κ2) is 5.82. The van der Waals surface area contributed by atoms with Gasteiger partial charge < -0.3 is 10.6 Å². The molecular formula is C10H22N2O2S. The van der Waals surface area contributed by atoms with Gasteiger partial charge in [-0.25, -0.2) is 8.42 Å². The maximum absolute atomic E-state index is 11.5. The molecule has 0 radical (unpaired) electrons. The van der Waals surface area contributed by atoms with Gasteiger partial charge in [0.1, 0.15) is 0 Å². The van der Waals surface area contributed by atoms with E-state index in [1.807, 2.05) is 6.92 Å². The Morgan fingerprint density at radius 2 is 2.13 bits per heavy atom. The first-order valence-electron chi connectivity index (χ1n) is 5.72. The summed E-state index contributed by atoms with van der Waals surface area (Å²) in [6.45, 7) is 4.39. The Labute approximate surface area is 92.7 Å². The highest BCUT2D eigenvalue weighted by Crippen LogP contribution is 2.08. The van der Waals surface area contributed by atoms with Gasteiger partial charge in [0.2, 0.25) is 0 Å². The summed E-state index contributed by atoms with van der Waals surface area (Å²) in [6, 6.07) is 0.229. The monoisotopic (exact) mass is 234 g/mol. The Hall–Kier alpha value is -0.130. The zero-order valence-corrected chi connectivity index (χ0v) is 10.3. The molecule has 5 heteroatoms. The van der Waals surface area contributed by atoms with Crippen LogP contribution in [0.5, 0.6) is 0 Å². The third-order valence-corrected chi connectivity index (χ3v) is 4.61. The van der Waals surface area contributed by atoms with E-state index in [4.69, 9.17) is 5.73 Å². The van der Waals surface area contributed by atoms with Gasteiger partial charge in [0.15, 0.2) is 9.84 Å². The second-order valence-electron chi connectivity index (χ2n) is 4.35. The molecule has 0 aromatic carbocycles. The number of nitrogens with zero attached hydrogens (tertiary/aromatic N) is 1. The van der Waals surface area contributed by atoms with Crippen molar-refractivity contribution in [3.8, 4) is 0 Å². The highest BCUT2D eigenvalue weighted by atomic mass is 32.2. The summed E-state index contributed by atoms with van der Waals surface area (Å²) < 4.78 is 23.0. The maximum Gasteiger partial charge on any atom is 0.151 e. The summed E-state index contributed by atoms with van der Waals surface area (Å²) in [5, 5.41) is 0. The first-order valence-corrected chi connectivity index (χ1v) is 7.54. The van der Waals surface area contributed by atoms with Crippen molar-refractivity contribution < 1.29 is 8.42 Å². The molecular weight excluding hydrogens is 212 g/mol. The van der Waals surface area contributed by atoms with E-state index in [0.717, 1.165) is 25.9 Å². The molecule has 1 rings (SSSR count). The minimum Gasteiger partial charge on any atom is -0.327 e. The minimum absolute atomic E-state index is 0.229. The first-order chi connectivity index (χ1) is 7.03. The van der Waals surface area contributed by atoms with Crippen molar-refractivity contribution in [2.45, 2.75) is 32.2 Å². The third kappa shape index (κ3) is 4.95. The Bertz CT molecular complexity index is 277. The van der Waals surface area contributed by atoms with Gasteiger partial charge in [-0.15, -0.1) is 0 Å². The largest absolute Gasteiger partial charge is 0.327 e. The Kier molecular flexibility index (Phi) is 5.02. The van der Waals surface area contributed by atoms with Crippen molar-refractivity contribution in [2.24, 2.45) is 5.73 Å². The van der Waals surface area contributed by atoms with Crippen molar-refractivity contribution in [2.75, 3.05) is 31.1 Å². The summed E-state index contributed by atoms with van der Waals surface area (Å²) in [5.74, 6) is 0.598. The second-order valence-corrected chi connectivity index (χ2v) is 6.66. The molecule has 1 fully saturated rings. The third-order valence-electron chi connectivity index (χ3n) is 2.78. The van der Waals surface area contributed by atoms with Gasteiger partial charge >= 0.3 is 0 Å². The summed E-state index contributed by atoms with van der Waals surface area (Å²) in [6.07, 6.45) is 2.87. The van der Waals surface area contributed by atoms with Crippen LogP contribution in [0.2, 0.25) is 0 Å². The fourth-order valence-corrected chi connectivity index (χ4v) is 3.34. The van der Waals surface area contributed by atoms with Crippen molar-refractivity contribution in [1.29, 1.82) is 0 Å². The topological polar surface area (TPSA) is 63.4 Å². The van der Waals surface area contributed by atoms with E-state index in [9.17, 15) is 8.42 Å². The summed E-state index contributed by atoms with van der Waals surface area (Å²) in [4.78, 5) is 2.17. The Morgan fingerprint density at radius 3 is 2.73 bits per heavy atom. The summed E-state index contributed by atoms with van der Waals surface area (Å²) >= 11 is 0. The van der Waals surface area contributed by atoms with Gasteiger partial charge in [0.25, 0.3) is 0 Å². The molecule has 1 atom stereocenters. The molecule has 1 aliphatic rings. The zero-order valence-electron chi connectivity index (χ0n) is 9.48. The molecule has 0 aromatic heterocycles. The quantitative estimate of drug-likeness (QED) is 0.740. The molecule has 0 saturated carbocycles. The lowest BCUT2D eigenvalue weighted by atomic mass is 10.1. The molecule has 15 heavy (non-hydrogen) atoms. The van der Waals surface area contributed by atoms with E-state index in [-0.39, 0.29) is 11.8 Å². The SMILES string of the molecule is CCCS(=O)(=O)CCN1CCC[C@@H](N)C1. The summed E-state index contributed by atoms with van der Waals surface area (Å²) in [5.41, 5.74) is 5.83. The van der Waals surface area contributed by atoms with Crippen LogP contribution in [0.25, 0.3) is 0 Å². The lowest BCUT2D eigenvalue weighted by Crippen LogP contribution is -2.44. The fourth-order valence-electron chi connectivity index (χ4n) is 1.98. The van der Waals surface area contributed by atoms with Crippen LogP contribution in [0.1, 0.15) is 26.2 Å². The summed E-state index contributed by atoms with van der Waals surface area (Å²) in [7, 11) is -2.83. The van der Waals surface area contributed by atoms with E-state index in [1.54, 1.807) is 0 Å². The van der Waals surface area contributed by atoms with Gasteiger partial charge in [-0.1, -0.05) is 6.92 Å². The highest BCUT2D eigenvalue weighted by molar-refractivity contribution is 7.91. The number of piperidine rings is 1. The van der Waals surface area contributed by atoms with Crippen molar-refractivity contribution in [3.05, 3.63) is 0 Å². The molecule has 0 bridgehead atoms. The average Bonchev–Trinajstić information content (AvgIpc) is 2.15. The molecule has 0 aliphatic carbocycles. The molecule has 90 valence electrons. The van der Waals surface area contributed by atoms with E-state index in [2.05, 4.69) is 4.90 Å². The van der Waals surface area contributed by atoms with E-state index >= 15 is 0 Å². The number of nitrogens with two attached hydrogens (primary N) is 1. The number of sulfone groups is 1. The number of likely N-dealkylation sites (tertiary alicyclic amines) is 1. The molecule has 1 saturated heterocycles. The van der Waals surface area contributed by atoms with Crippen LogP contribution in [0.3, 0.4) is 0 Å². The van der Waals surface area contributed by atoms with Crippen LogP contribution < -0.4 is 5.73 Å². The predicted octanol–water partition coefficient (Wildman–Crippen LogP) is 0.234. The zero-order chi connectivity index (χ0) is 11.3. The Morgan fingerprint density at radius 1 is 1.40 bits per heavy atom. The Balaban J connectivity index is 2.30.